The van der Waals surface area contributed by atoms with Crippen molar-refractivity contribution < 1.29 is 14.4 Å². The van der Waals surface area contributed by atoms with Crippen molar-refractivity contribution >= 4 is 23.5 Å². The largest absolute Gasteiger partial charge is 0.325 e. The molecule has 1 aromatic rings. The van der Waals surface area contributed by atoms with Gasteiger partial charge in [0.2, 0.25) is 5.91 Å². The fourth-order valence-corrected chi connectivity index (χ4v) is 3.12. The molecule has 1 saturated heterocycles. The van der Waals surface area contributed by atoms with Crippen molar-refractivity contribution in [2.45, 2.75) is 38.8 Å². The van der Waals surface area contributed by atoms with Crippen LogP contribution in [-0.4, -0.2) is 40.9 Å². The Morgan fingerprint density at radius 1 is 1.32 bits per heavy atom. The normalized spacial score (nSPS) is 22.8. The number of rotatable bonds is 2. The number of urea groups is 1. The maximum atomic E-state index is 12.6. The Balaban J connectivity index is 1.81. The molecule has 2 aliphatic rings. The van der Waals surface area contributed by atoms with Crippen LogP contribution in [0, 0.1) is 0 Å². The topological polar surface area (TPSA) is 69.7 Å². The van der Waals surface area contributed by atoms with Crippen LogP contribution in [0.15, 0.2) is 24.3 Å². The number of fused-ring (bicyclic) bond motifs is 1. The maximum Gasteiger partial charge on any atom is 0.325 e. The number of carbonyl (C=O) groups is 3. The van der Waals surface area contributed by atoms with E-state index in [4.69, 9.17) is 0 Å². The first kappa shape index (κ1) is 14.6. The molecule has 1 aromatic carbocycles. The Kier molecular flexibility index (Phi) is 3.20. The van der Waals surface area contributed by atoms with Crippen LogP contribution in [0.4, 0.5) is 10.5 Å². The highest BCUT2D eigenvalue weighted by Crippen LogP contribution is 2.32. The summed E-state index contributed by atoms with van der Waals surface area (Å²) in [7, 11) is 0. The van der Waals surface area contributed by atoms with Gasteiger partial charge in [0.05, 0.1) is 0 Å². The minimum Gasteiger partial charge on any atom is -0.324 e. The molecule has 1 N–H and O–H groups in total. The summed E-state index contributed by atoms with van der Waals surface area (Å²) < 4.78 is 0. The molecule has 116 valence electrons. The lowest BCUT2D eigenvalue weighted by Gasteiger charge is -2.25. The molecular weight excluding hydrogens is 282 g/mol. The average molecular weight is 301 g/mol. The quantitative estimate of drug-likeness (QED) is 0.837. The number of nitrogens with one attached hydrogen (secondary N) is 1. The minimum absolute atomic E-state index is 0.0266. The van der Waals surface area contributed by atoms with Crippen molar-refractivity contribution in [3.05, 3.63) is 29.8 Å². The molecule has 0 spiro atoms. The van der Waals surface area contributed by atoms with E-state index < -0.39 is 11.6 Å². The zero-order valence-electron chi connectivity index (χ0n) is 12.9. The van der Waals surface area contributed by atoms with Gasteiger partial charge in [-0.3, -0.25) is 14.5 Å². The van der Waals surface area contributed by atoms with Crippen LogP contribution in [-0.2, 0) is 16.0 Å². The first-order chi connectivity index (χ1) is 10.3. The lowest BCUT2D eigenvalue weighted by molar-refractivity contribution is -0.133. The summed E-state index contributed by atoms with van der Waals surface area (Å²) in [4.78, 5) is 39.4. The van der Waals surface area contributed by atoms with Gasteiger partial charge in [0, 0.05) is 11.7 Å². The zero-order valence-corrected chi connectivity index (χ0v) is 12.9. The van der Waals surface area contributed by atoms with E-state index in [2.05, 4.69) is 5.32 Å². The van der Waals surface area contributed by atoms with Crippen LogP contribution in [0.3, 0.4) is 0 Å². The van der Waals surface area contributed by atoms with E-state index in [9.17, 15) is 14.4 Å². The molecule has 1 atom stereocenters. The van der Waals surface area contributed by atoms with Gasteiger partial charge in [0.15, 0.2) is 0 Å². The SMILES string of the molecule is C[C@H]1Cc2ccccc2N1C(=O)CN1C(=O)NC(C)(C)C1=O. The molecule has 0 saturated carbocycles. The lowest BCUT2D eigenvalue weighted by atomic mass is 10.1. The average Bonchev–Trinajstić information content (AvgIpc) is 2.87. The minimum atomic E-state index is -0.952. The van der Waals surface area contributed by atoms with Crippen molar-refractivity contribution in [2.75, 3.05) is 11.4 Å². The molecule has 0 radical (unpaired) electrons. The number of imide groups is 1. The summed E-state index contributed by atoms with van der Waals surface area (Å²) >= 11 is 0. The molecule has 0 bridgehead atoms. The number of hydrogen-bond donors (Lipinski definition) is 1. The molecule has 3 rings (SSSR count). The van der Waals surface area contributed by atoms with Crippen LogP contribution in [0.25, 0.3) is 0 Å². The van der Waals surface area contributed by atoms with Crippen molar-refractivity contribution in [3.8, 4) is 0 Å². The fraction of sp³-hybridized carbons (Fsp3) is 0.438. The number of nitrogens with zero attached hydrogens (tertiary/aromatic N) is 2. The third-order valence-corrected chi connectivity index (χ3v) is 4.21. The summed E-state index contributed by atoms with van der Waals surface area (Å²) in [5.41, 5.74) is 1.03. The molecule has 2 heterocycles. The first-order valence-corrected chi connectivity index (χ1v) is 7.35. The van der Waals surface area contributed by atoms with Crippen LogP contribution < -0.4 is 10.2 Å². The number of para-hydroxylation sites is 1. The van der Waals surface area contributed by atoms with E-state index in [-0.39, 0.29) is 24.4 Å². The molecule has 4 amide bonds. The fourth-order valence-electron chi connectivity index (χ4n) is 3.12. The number of hydrogen-bond acceptors (Lipinski definition) is 3. The Morgan fingerprint density at radius 3 is 2.64 bits per heavy atom. The standard InChI is InChI=1S/C16H19N3O3/c1-10-8-11-6-4-5-7-12(11)19(10)13(20)9-18-14(21)16(2,3)17-15(18)22/h4-7,10H,8-9H2,1-3H3,(H,17,22)/t10-/m0/s1. The summed E-state index contributed by atoms with van der Waals surface area (Å²) in [6, 6.07) is 7.23. The second-order valence-electron chi connectivity index (χ2n) is 6.39. The molecule has 6 nitrogen and oxygen atoms in total. The van der Waals surface area contributed by atoms with E-state index in [1.807, 2.05) is 31.2 Å². The van der Waals surface area contributed by atoms with Gasteiger partial charge in [-0.25, -0.2) is 4.79 Å². The summed E-state index contributed by atoms with van der Waals surface area (Å²) in [5.74, 6) is -0.607. The maximum absolute atomic E-state index is 12.6. The molecule has 22 heavy (non-hydrogen) atoms. The Labute approximate surface area is 129 Å². The Bertz CT molecular complexity index is 668. The smallest absolute Gasteiger partial charge is 0.324 e. The molecule has 0 unspecified atom stereocenters. The number of carbonyl (C=O) groups excluding carboxylic acids is 3. The highest BCUT2D eigenvalue weighted by Gasteiger charge is 2.46. The second-order valence-corrected chi connectivity index (χ2v) is 6.39. The van der Waals surface area contributed by atoms with Gasteiger partial charge in [0.25, 0.3) is 5.91 Å². The third-order valence-electron chi connectivity index (χ3n) is 4.21. The monoisotopic (exact) mass is 301 g/mol. The first-order valence-electron chi connectivity index (χ1n) is 7.35. The molecule has 0 aromatic heterocycles. The summed E-state index contributed by atoms with van der Waals surface area (Å²) in [5, 5.41) is 2.59. The third kappa shape index (κ3) is 2.15. The van der Waals surface area contributed by atoms with Gasteiger partial charge in [-0.15, -0.1) is 0 Å². The predicted octanol–water partition coefficient (Wildman–Crippen LogP) is 1.29. The van der Waals surface area contributed by atoms with Gasteiger partial charge in [-0.2, -0.15) is 0 Å². The Morgan fingerprint density at radius 2 is 2.00 bits per heavy atom. The molecule has 2 aliphatic heterocycles. The summed E-state index contributed by atoms with van der Waals surface area (Å²) in [6.45, 7) is 5.00. The van der Waals surface area contributed by atoms with E-state index in [1.54, 1.807) is 18.7 Å². The van der Waals surface area contributed by atoms with Crippen molar-refractivity contribution in [2.24, 2.45) is 0 Å². The summed E-state index contributed by atoms with van der Waals surface area (Å²) in [6.07, 6.45) is 0.785. The molecular formula is C16H19N3O3. The highest BCUT2D eigenvalue weighted by molar-refractivity contribution is 6.10. The van der Waals surface area contributed by atoms with Crippen LogP contribution >= 0.6 is 0 Å². The van der Waals surface area contributed by atoms with Crippen LogP contribution in [0.5, 0.6) is 0 Å². The van der Waals surface area contributed by atoms with Crippen molar-refractivity contribution in [3.63, 3.8) is 0 Å². The molecule has 0 aliphatic carbocycles. The number of anilines is 1. The highest BCUT2D eigenvalue weighted by atomic mass is 16.2. The van der Waals surface area contributed by atoms with Gasteiger partial charge in [-0.05, 0) is 38.8 Å². The Hall–Kier alpha value is -2.37. The van der Waals surface area contributed by atoms with Gasteiger partial charge < -0.3 is 10.2 Å². The van der Waals surface area contributed by atoms with Crippen molar-refractivity contribution in [1.29, 1.82) is 0 Å². The van der Waals surface area contributed by atoms with E-state index in [1.165, 1.54) is 0 Å². The van der Waals surface area contributed by atoms with Gasteiger partial charge >= 0.3 is 6.03 Å². The van der Waals surface area contributed by atoms with Crippen LogP contribution in [0.1, 0.15) is 26.3 Å². The van der Waals surface area contributed by atoms with Crippen molar-refractivity contribution in [1.82, 2.24) is 10.2 Å². The zero-order chi connectivity index (χ0) is 16.1. The lowest BCUT2D eigenvalue weighted by Crippen LogP contribution is -2.46. The van der Waals surface area contributed by atoms with E-state index in [0.29, 0.717) is 0 Å². The van der Waals surface area contributed by atoms with Gasteiger partial charge in [0.1, 0.15) is 12.1 Å². The van der Waals surface area contributed by atoms with Gasteiger partial charge in [-0.1, -0.05) is 18.2 Å². The second kappa shape index (κ2) is 4.83. The number of amides is 4. The van der Waals surface area contributed by atoms with Crippen LogP contribution in [0.2, 0.25) is 0 Å². The predicted molar refractivity (Wildman–Crippen MR) is 81.4 cm³/mol. The van der Waals surface area contributed by atoms with E-state index >= 15 is 0 Å². The van der Waals surface area contributed by atoms with E-state index in [0.717, 1.165) is 22.6 Å². The molecule has 1 fully saturated rings. The number of benzene rings is 1. The molecule has 6 heteroatoms.